The number of aliphatic hydroxyl groups excluding tert-OH is 2. The van der Waals surface area contributed by atoms with Gasteiger partial charge in [0.1, 0.15) is 0 Å². The highest BCUT2D eigenvalue weighted by Gasteiger charge is 2.28. The maximum Gasteiger partial charge on any atom is 0.157 e. The summed E-state index contributed by atoms with van der Waals surface area (Å²) in [5.74, 6) is 0. The molecule has 1 heterocycles. The Morgan fingerprint density at radius 3 is 2.71 bits per heavy atom. The normalized spacial score (nSPS) is 29.2. The van der Waals surface area contributed by atoms with Gasteiger partial charge in [0.05, 0.1) is 25.4 Å². The van der Waals surface area contributed by atoms with Crippen LogP contribution in [0.5, 0.6) is 0 Å². The molecule has 0 bridgehead atoms. The summed E-state index contributed by atoms with van der Waals surface area (Å²) < 4.78 is 10.9. The van der Waals surface area contributed by atoms with Crippen LogP contribution >= 0.6 is 0 Å². The molecule has 4 nitrogen and oxygen atoms in total. The monoisotopic (exact) mass is 238 g/mol. The van der Waals surface area contributed by atoms with Crippen molar-refractivity contribution in [3.63, 3.8) is 0 Å². The molecule has 1 aromatic carbocycles. The van der Waals surface area contributed by atoms with Gasteiger partial charge >= 0.3 is 0 Å². The SMILES string of the molecule is OCC1CC(OCc2ccccc2)C[C@H](O)O1. The zero-order valence-corrected chi connectivity index (χ0v) is 9.66. The lowest BCUT2D eigenvalue weighted by atomic mass is 10.1. The predicted molar refractivity (Wildman–Crippen MR) is 62.2 cm³/mol. The molecule has 3 atom stereocenters. The topological polar surface area (TPSA) is 58.9 Å². The first-order chi connectivity index (χ1) is 8.28. The van der Waals surface area contributed by atoms with Crippen molar-refractivity contribution in [3.05, 3.63) is 35.9 Å². The summed E-state index contributed by atoms with van der Waals surface area (Å²) in [6.07, 6.45) is -0.124. The van der Waals surface area contributed by atoms with Crippen LogP contribution in [0.25, 0.3) is 0 Å². The van der Waals surface area contributed by atoms with Crippen LogP contribution in [0.3, 0.4) is 0 Å². The summed E-state index contributed by atoms with van der Waals surface area (Å²) in [5, 5.41) is 18.5. The van der Waals surface area contributed by atoms with Crippen molar-refractivity contribution in [1.29, 1.82) is 0 Å². The lowest BCUT2D eigenvalue weighted by Gasteiger charge is -2.31. The summed E-state index contributed by atoms with van der Waals surface area (Å²) in [5.41, 5.74) is 1.11. The van der Waals surface area contributed by atoms with Gasteiger partial charge in [0, 0.05) is 12.8 Å². The Morgan fingerprint density at radius 1 is 1.24 bits per heavy atom. The molecule has 0 amide bonds. The maximum absolute atomic E-state index is 9.46. The van der Waals surface area contributed by atoms with Gasteiger partial charge in [0.25, 0.3) is 0 Å². The molecule has 0 saturated carbocycles. The van der Waals surface area contributed by atoms with Crippen LogP contribution in [0, 0.1) is 0 Å². The standard InChI is InChI=1S/C13H18O4/c14-8-12-6-11(7-13(15)17-12)16-9-10-4-2-1-3-5-10/h1-5,11-15H,6-9H2/t11?,12?,13-/m1/s1. The molecular formula is C13H18O4. The first-order valence-corrected chi connectivity index (χ1v) is 5.88. The van der Waals surface area contributed by atoms with E-state index < -0.39 is 6.29 Å². The van der Waals surface area contributed by atoms with Crippen molar-refractivity contribution in [1.82, 2.24) is 0 Å². The Balaban J connectivity index is 1.82. The minimum atomic E-state index is -0.832. The van der Waals surface area contributed by atoms with E-state index in [2.05, 4.69) is 0 Å². The molecule has 4 heteroatoms. The van der Waals surface area contributed by atoms with Crippen LogP contribution in [0.15, 0.2) is 30.3 Å². The summed E-state index contributed by atoms with van der Waals surface area (Å²) in [7, 11) is 0. The molecule has 1 saturated heterocycles. The molecule has 0 aliphatic carbocycles. The van der Waals surface area contributed by atoms with Crippen LogP contribution in [0.1, 0.15) is 18.4 Å². The van der Waals surface area contributed by atoms with E-state index in [0.717, 1.165) is 5.56 Å². The Bertz CT molecular complexity index is 327. The van der Waals surface area contributed by atoms with Crippen LogP contribution < -0.4 is 0 Å². The number of aliphatic hydroxyl groups is 2. The van der Waals surface area contributed by atoms with Gasteiger partial charge in [-0.25, -0.2) is 0 Å². The van der Waals surface area contributed by atoms with E-state index in [4.69, 9.17) is 14.6 Å². The summed E-state index contributed by atoms with van der Waals surface area (Å²) >= 11 is 0. The van der Waals surface area contributed by atoms with Crippen molar-refractivity contribution < 1.29 is 19.7 Å². The number of benzene rings is 1. The van der Waals surface area contributed by atoms with E-state index in [-0.39, 0.29) is 18.8 Å². The summed E-state index contributed by atoms with van der Waals surface area (Å²) in [6, 6.07) is 9.89. The Hall–Kier alpha value is -0.940. The average molecular weight is 238 g/mol. The second-order valence-electron chi connectivity index (χ2n) is 4.29. The van der Waals surface area contributed by atoms with E-state index in [1.807, 2.05) is 30.3 Å². The second kappa shape index (κ2) is 6.12. The van der Waals surface area contributed by atoms with Crippen molar-refractivity contribution in [2.45, 2.75) is 37.9 Å². The first kappa shape index (κ1) is 12.5. The molecule has 2 unspecified atom stereocenters. The number of hydrogen-bond donors (Lipinski definition) is 2. The Kier molecular flexibility index (Phi) is 4.50. The third-order valence-electron chi connectivity index (χ3n) is 2.87. The largest absolute Gasteiger partial charge is 0.394 e. The van der Waals surface area contributed by atoms with E-state index in [0.29, 0.717) is 19.4 Å². The van der Waals surface area contributed by atoms with E-state index in [1.54, 1.807) is 0 Å². The van der Waals surface area contributed by atoms with E-state index >= 15 is 0 Å². The molecule has 1 aromatic rings. The summed E-state index contributed by atoms with van der Waals surface area (Å²) in [6.45, 7) is 0.443. The molecule has 94 valence electrons. The van der Waals surface area contributed by atoms with Crippen LogP contribution in [-0.4, -0.2) is 35.3 Å². The molecule has 2 N–H and O–H groups in total. The van der Waals surface area contributed by atoms with Gasteiger partial charge in [0.15, 0.2) is 6.29 Å². The van der Waals surface area contributed by atoms with Gasteiger partial charge in [-0.15, -0.1) is 0 Å². The molecule has 0 spiro atoms. The van der Waals surface area contributed by atoms with Crippen molar-refractivity contribution in [2.24, 2.45) is 0 Å². The number of ether oxygens (including phenoxy) is 2. The lowest BCUT2D eigenvalue weighted by molar-refractivity contribution is -0.206. The molecule has 1 aliphatic rings. The minimum Gasteiger partial charge on any atom is -0.394 e. The Morgan fingerprint density at radius 2 is 2.00 bits per heavy atom. The predicted octanol–water partition coefficient (Wildman–Crippen LogP) is 1.06. The van der Waals surface area contributed by atoms with E-state index in [1.165, 1.54) is 0 Å². The van der Waals surface area contributed by atoms with Gasteiger partial charge in [-0.05, 0) is 5.56 Å². The van der Waals surface area contributed by atoms with E-state index in [9.17, 15) is 5.11 Å². The number of hydrogen-bond acceptors (Lipinski definition) is 4. The molecular weight excluding hydrogens is 220 g/mol. The maximum atomic E-state index is 9.46. The highest BCUT2D eigenvalue weighted by atomic mass is 16.6. The highest BCUT2D eigenvalue weighted by Crippen LogP contribution is 2.21. The smallest absolute Gasteiger partial charge is 0.157 e. The Labute approximate surface area is 101 Å². The highest BCUT2D eigenvalue weighted by molar-refractivity contribution is 5.13. The van der Waals surface area contributed by atoms with Crippen molar-refractivity contribution >= 4 is 0 Å². The van der Waals surface area contributed by atoms with Gasteiger partial charge in [-0.3, -0.25) is 0 Å². The van der Waals surface area contributed by atoms with Gasteiger partial charge in [-0.1, -0.05) is 30.3 Å². The molecule has 1 aliphatic heterocycles. The number of rotatable bonds is 4. The quantitative estimate of drug-likeness (QED) is 0.823. The molecule has 2 rings (SSSR count). The van der Waals surface area contributed by atoms with Crippen LogP contribution in [0.4, 0.5) is 0 Å². The van der Waals surface area contributed by atoms with Crippen molar-refractivity contribution in [3.8, 4) is 0 Å². The van der Waals surface area contributed by atoms with Crippen molar-refractivity contribution in [2.75, 3.05) is 6.61 Å². The second-order valence-corrected chi connectivity index (χ2v) is 4.29. The summed E-state index contributed by atoms with van der Waals surface area (Å²) in [4.78, 5) is 0. The van der Waals surface area contributed by atoms with Gasteiger partial charge in [-0.2, -0.15) is 0 Å². The zero-order chi connectivity index (χ0) is 12.1. The van der Waals surface area contributed by atoms with Gasteiger partial charge in [0.2, 0.25) is 0 Å². The lowest BCUT2D eigenvalue weighted by Crippen LogP contribution is -2.38. The fourth-order valence-electron chi connectivity index (χ4n) is 1.99. The van der Waals surface area contributed by atoms with Crippen LogP contribution in [0.2, 0.25) is 0 Å². The molecule has 17 heavy (non-hydrogen) atoms. The fourth-order valence-corrected chi connectivity index (χ4v) is 1.99. The molecule has 0 aromatic heterocycles. The molecule has 0 radical (unpaired) electrons. The van der Waals surface area contributed by atoms with Crippen LogP contribution in [-0.2, 0) is 16.1 Å². The van der Waals surface area contributed by atoms with Gasteiger partial charge < -0.3 is 19.7 Å². The zero-order valence-electron chi connectivity index (χ0n) is 9.66. The first-order valence-electron chi connectivity index (χ1n) is 5.88. The average Bonchev–Trinajstić information content (AvgIpc) is 2.37. The third-order valence-corrected chi connectivity index (χ3v) is 2.87. The fraction of sp³-hybridized carbons (Fsp3) is 0.538. The minimum absolute atomic E-state index is 0.0592. The third kappa shape index (κ3) is 3.78. The molecule has 1 fully saturated rings.